The van der Waals surface area contributed by atoms with E-state index in [-0.39, 0.29) is 24.0 Å². The topological polar surface area (TPSA) is 124 Å². The summed E-state index contributed by atoms with van der Waals surface area (Å²) in [5.41, 5.74) is 5.60. The first-order valence-corrected chi connectivity index (χ1v) is 17.9. The van der Waals surface area contributed by atoms with Crippen molar-refractivity contribution in [3.63, 3.8) is 0 Å². The van der Waals surface area contributed by atoms with Gasteiger partial charge in [-0.2, -0.15) is 12.7 Å². The van der Waals surface area contributed by atoms with Crippen LogP contribution in [-0.4, -0.2) is 111 Å². The molecule has 48 heavy (non-hydrogen) atoms. The summed E-state index contributed by atoms with van der Waals surface area (Å²) < 4.78 is 35.9. The number of piperazine rings is 1. The number of carbonyl (C=O) groups excluding carboxylic acids is 3. The van der Waals surface area contributed by atoms with Gasteiger partial charge in [-0.05, 0) is 66.3 Å². The summed E-state index contributed by atoms with van der Waals surface area (Å²) >= 11 is 0. The first-order chi connectivity index (χ1) is 22.9. The summed E-state index contributed by atoms with van der Waals surface area (Å²) in [6.07, 6.45) is 7.46. The second-order valence-corrected chi connectivity index (χ2v) is 15.1. The Morgan fingerprint density at radius 1 is 0.896 bits per heavy atom. The summed E-state index contributed by atoms with van der Waals surface area (Å²) in [4.78, 5) is 45.2. The molecule has 1 saturated heterocycles. The average Bonchev–Trinajstić information content (AvgIpc) is 3.29. The van der Waals surface area contributed by atoms with Crippen molar-refractivity contribution in [2.45, 2.75) is 44.6 Å². The van der Waals surface area contributed by atoms with Gasteiger partial charge in [0.2, 0.25) is 0 Å². The number of benzene rings is 2. The van der Waals surface area contributed by atoms with E-state index in [0.717, 1.165) is 57.7 Å². The van der Waals surface area contributed by atoms with Crippen LogP contribution >= 0.6 is 0 Å². The molecular formula is C35H44N6O6S. The Labute approximate surface area is 282 Å². The molecule has 2 aromatic carbocycles. The molecule has 0 bridgehead atoms. The first kappa shape index (κ1) is 33.5. The smallest absolute Gasteiger partial charge is 0.319 e. The fraction of sp³-hybridized carbons (Fsp3) is 0.457. The molecule has 4 amide bonds. The van der Waals surface area contributed by atoms with Crippen molar-refractivity contribution in [2.75, 3.05) is 61.5 Å². The van der Waals surface area contributed by atoms with Gasteiger partial charge in [0.15, 0.2) is 0 Å². The van der Waals surface area contributed by atoms with Gasteiger partial charge in [0.05, 0.1) is 19.3 Å². The average molecular weight is 677 g/mol. The van der Waals surface area contributed by atoms with Crippen LogP contribution in [0.5, 0.6) is 5.75 Å². The van der Waals surface area contributed by atoms with E-state index < -0.39 is 16.1 Å². The van der Waals surface area contributed by atoms with E-state index >= 15 is 0 Å². The zero-order valence-corrected chi connectivity index (χ0v) is 29.1. The molecule has 1 saturated carbocycles. The predicted molar refractivity (Wildman–Crippen MR) is 185 cm³/mol. The minimum Gasteiger partial charge on any atom is -0.497 e. The highest BCUT2D eigenvalue weighted by atomic mass is 32.2. The number of carbonyl (C=O) groups is 3. The molecule has 6 rings (SSSR count). The van der Waals surface area contributed by atoms with Gasteiger partial charge in [-0.1, -0.05) is 25.3 Å². The van der Waals surface area contributed by atoms with E-state index in [0.29, 0.717) is 43.4 Å². The van der Waals surface area contributed by atoms with Crippen molar-refractivity contribution in [3.8, 4) is 17.0 Å². The van der Waals surface area contributed by atoms with Crippen LogP contribution in [0.1, 0.15) is 59.5 Å². The third-order valence-electron chi connectivity index (χ3n) is 9.75. The van der Waals surface area contributed by atoms with Gasteiger partial charge < -0.3 is 24.0 Å². The van der Waals surface area contributed by atoms with Crippen molar-refractivity contribution < 1.29 is 27.5 Å². The highest BCUT2D eigenvalue weighted by molar-refractivity contribution is 7.87. The Morgan fingerprint density at radius 3 is 2.23 bits per heavy atom. The molecule has 0 atom stereocenters. The quantitative estimate of drug-likeness (QED) is 0.419. The molecule has 0 radical (unpaired) electrons. The number of fused-ring (bicyclic) bond motifs is 5. The maximum absolute atomic E-state index is 14.3. The number of ether oxygens (including phenoxy) is 1. The summed E-state index contributed by atoms with van der Waals surface area (Å²) in [6.45, 7) is 1.97. The fourth-order valence-corrected chi connectivity index (χ4v) is 7.70. The number of hydrogen-bond donors (Lipinski definition) is 1. The van der Waals surface area contributed by atoms with Crippen LogP contribution in [0.2, 0.25) is 0 Å². The fourth-order valence-electron chi connectivity index (χ4n) is 7.17. The molecular weight excluding hydrogens is 632 g/mol. The van der Waals surface area contributed by atoms with Gasteiger partial charge in [-0.25, -0.2) is 9.52 Å². The number of rotatable bonds is 6. The molecule has 12 nitrogen and oxygen atoms in total. The van der Waals surface area contributed by atoms with Crippen molar-refractivity contribution in [1.82, 2.24) is 28.3 Å². The molecule has 3 aromatic rings. The Kier molecular flexibility index (Phi) is 9.27. The molecule has 1 aliphatic carbocycles. The largest absolute Gasteiger partial charge is 0.497 e. The third kappa shape index (κ3) is 6.28. The summed E-state index contributed by atoms with van der Waals surface area (Å²) in [6, 6.07) is 11.2. The van der Waals surface area contributed by atoms with Crippen LogP contribution < -0.4 is 9.46 Å². The minimum atomic E-state index is -4.00. The highest BCUT2D eigenvalue weighted by Crippen LogP contribution is 2.47. The number of amides is 4. The van der Waals surface area contributed by atoms with Crippen LogP contribution in [-0.2, 0) is 21.5 Å². The molecule has 1 N–H and O–H groups in total. The summed E-state index contributed by atoms with van der Waals surface area (Å²) in [5.74, 6) is 0.134. The molecule has 13 heteroatoms. The second-order valence-electron chi connectivity index (χ2n) is 13.2. The van der Waals surface area contributed by atoms with Gasteiger partial charge in [-0.3, -0.25) is 9.59 Å². The van der Waals surface area contributed by atoms with Gasteiger partial charge >= 0.3 is 16.2 Å². The number of methoxy groups -OCH3 is 1. The highest BCUT2D eigenvalue weighted by Gasteiger charge is 2.33. The van der Waals surface area contributed by atoms with Gasteiger partial charge in [0, 0.05) is 82.0 Å². The van der Waals surface area contributed by atoms with Crippen molar-refractivity contribution in [3.05, 3.63) is 58.7 Å². The molecule has 1 aromatic heterocycles. The Bertz CT molecular complexity index is 1900. The molecule has 0 unspecified atom stereocenters. The van der Waals surface area contributed by atoms with Crippen LogP contribution in [0.15, 0.2) is 42.0 Å². The first-order valence-electron chi connectivity index (χ1n) is 16.4. The molecule has 3 aliphatic rings. The van der Waals surface area contributed by atoms with Gasteiger partial charge in [0.25, 0.3) is 11.8 Å². The number of hydrogen-bond acceptors (Lipinski definition) is 6. The van der Waals surface area contributed by atoms with E-state index in [4.69, 9.17) is 4.74 Å². The van der Waals surface area contributed by atoms with Crippen molar-refractivity contribution in [1.29, 1.82) is 0 Å². The monoisotopic (exact) mass is 676 g/mol. The third-order valence-corrected chi connectivity index (χ3v) is 11.2. The maximum atomic E-state index is 14.3. The SMILES string of the molecule is COc1ccc2c(c1)C=C(C(=O)N1CCN(C(=O)N(C)C)CC1)Cn1c-2c(C2CCCCC2)c2ccc(C(=O)NS(=O)(=O)N(C)C)cc21. The molecule has 256 valence electrons. The van der Waals surface area contributed by atoms with Crippen LogP contribution in [0.25, 0.3) is 28.2 Å². The Morgan fingerprint density at radius 2 is 1.58 bits per heavy atom. The lowest BCUT2D eigenvalue weighted by atomic mass is 9.81. The Balaban J connectivity index is 1.48. The molecule has 2 aliphatic heterocycles. The molecule has 0 spiro atoms. The second kappa shape index (κ2) is 13.3. The van der Waals surface area contributed by atoms with E-state index in [1.807, 2.05) is 30.3 Å². The normalized spacial score (nSPS) is 17.0. The van der Waals surface area contributed by atoms with Gasteiger partial charge in [0.1, 0.15) is 5.75 Å². The minimum absolute atomic E-state index is 0.0753. The number of nitrogens with zero attached hydrogens (tertiary/aromatic N) is 5. The standard InChI is InChI=1S/C35H44N6O6S/c1-37(2)35(44)40-17-15-39(16-18-40)34(43)26-19-25-20-27(47-5)12-14-28(25)32-31(23-9-7-6-8-10-23)29-13-11-24(21-30(29)41(32)22-26)33(42)36-48(45,46)38(3)4/h11-14,19-21,23H,6-10,15-18,22H2,1-5H3,(H,36,42). The van der Waals surface area contributed by atoms with Crippen LogP contribution in [0.4, 0.5) is 4.79 Å². The molecule has 2 fully saturated rings. The lowest BCUT2D eigenvalue weighted by molar-refractivity contribution is -0.128. The molecule has 3 heterocycles. The number of aromatic nitrogens is 1. The van der Waals surface area contributed by atoms with E-state index in [9.17, 15) is 22.8 Å². The summed E-state index contributed by atoms with van der Waals surface area (Å²) in [7, 11) is 3.79. The number of urea groups is 1. The zero-order valence-electron chi connectivity index (χ0n) is 28.3. The predicted octanol–water partition coefficient (Wildman–Crippen LogP) is 4.12. The summed E-state index contributed by atoms with van der Waals surface area (Å²) in [5, 5.41) is 0.996. The van der Waals surface area contributed by atoms with E-state index in [1.165, 1.54) is 26.1 Å². The van der Waals surface area contributed by atoms with Crippen LogP contribution in [0, 0.1) is 0 Å². The lowest BCUT2D eigenvalue weighted by Crippen LogP contribution is -2.53. The van der Waals surface area contributed by atoms with Crippen molar-refractivity contribution >= 4 is 45.0 Å². The lowest BCUT2D eigenvalue weighted by Gasteiger charge is -2.36. The van der Waals surface area contributed by atoms with Gasteiger partial charge in [-0.15, -0.1) is 0 Å². The number of nitrogens with one attached hydrogen (secondary N) is 1. The Hall–Kier alpha value is -4.36. The van der Waals surface area contributed by atoms with E-state index in [1.54, 1.807) is 48.0 Å². The zero-order chi connectivity index (χ0) is 34.3. The van der Waals surface area contributed by atoms with Crippen molar-refractivity contribution in [2.24, 2.45) is 0 Å². The maximum Gasteiger partial charge on any atom is 0.319 e. The van der Waals surface area contributed by atoms with E-state index in [2.05, 4.69) is 9.29 Å². The van der Waals surface area contributed by atoms with Crippen LogP contribution in [0.3, 0.4) is 0 Å².